The molecule has 1 atom stereocenters. The molecule has 0 spiro atoms. The van der Waals surface area contributed by atoms with E-state index in [9.17, 15) is 14.5 Å². The fourth-order valence-corrected chi connectivity index (χ4v) is 2.95. The zero-order chi connectivity index (χ0) is 19.7. The van der Waals surface area contributed by atoms with E-state index in [1.807, 2.05) is 13.0 Å². The molecule has 0 saturated heterocycles. The first-order chi connectivity index (χ1) is 13.4. The summed E-state index contributed by atoms with van der Waals surface area (Å²) in [7, 11) is 0. The van der Waals surface area contributed by atoms with Gasteiger partial charge in [-0.1, -0.05) is 6.07 Å². The summed E-state index contributed by atoms with van der Waals surface area (Å²) >= 11 is 0. The zero-order valence-corrected chi connectivity index (χ0v) is 15.0. The third-order valence-electron chi connectivity index (χ3n) is 4.52. The van der Waals surface area contributed by atoms with Gasteiger partial charge in [-0.3, -0.25) is 4.57 Å². The quantitative estimate of drug-likeness (QED) is 0.493. The topological polar surface area (TPSA) is 92.3 Å². The Morgan fingerprint density at radius 1 is 1.29 bits per heavy atom. The minimum atomic E-state index is -0.692. The molecule has 0 bridgehead atoms. The first-order valence-electron chi connectivity index (χ1n) is 8.68. The van der Waals surface area contributed by atoms with Crippen molar-refractivity contribution in [2.75, 3.05) is 6.61 Å². The van der Waals surface area contributed by atoms with Crippen LogP contribution in [0.15, 0.2) is 48.7 Å². The number of hydrogen-bond donors (Lipinski definition) is 0. The molecular weight excluding hydrogens is 367 g/mol. The Morgan fingerprint density at radius 3 is 2.82 bits per heavy atom. The van der Waals surface area contributed by atoms with E-state index in [0.29, 0.717) is 24.5 Å². The molecule has 1 unspecified atom stereocenters. The van der Waals surface area contributed by atoms with Crippen LogP contribution in [-0.2, 0) is 6.54 Å². The Bertz CT molecular complexity index is 1020. The molecule has 28 heavy (non-hydrogen) atoms. The zero-order valence-electron chi connectivity index (χ0n) is 15.0. The Balaban J connectivity index is 1.46. The van der Waals surface area contributed by atoms with E-state index in [0.717, 1.165) is 5.56 Å². The number of nitro groups is 1. The summed E-state index contributed by atoms with van der Waals surface area (Å²) in [5, 5.41) is 10.9. The molecule has 2 aromatic heterocycles. The lowest BCUT2D eigenvalue weighted by Gasteiger charge is -2.32. The monoisotopic (exact) mass is 384 g/mol. The van der Waals surface area contributed by atoms with E-state index in [2.05, 4.69) is 9.97 Å². The van der Waals surface area contributed by atoms with Crippen molar-refractivity contribution in [3.05, 3.63) is 64.6 Å². The molecule has 9 heteroatoms. The van der Waals surface area contributed by atoms with Crippen molar-refractivity contribution < 1.29 is 18.8 Å². The third kappa shape index (κ3) is 3.64. The van der Waals surface area contributed by atoms with E-state index < -0.39 is 10.5 Å². The van der Waals surface area contributed by atoms with Crippen molar-refractivity contribution >= 4 is 5.82 Å². The number of nitrogens with zero attached hydrogens (tertiary/aromatic N) is 4. The van der Waals surface area contributed by atoms with Gasteiger partial charge in [-0.05, 0) is 42.2 Å². The first-order valence-corrected chi connectivity index (χ1v) is 8.68. The standard InChI is InChI=1S/C19H17FN4O4/c1-19(9-10-23-11-16(24(25)26)22-18(23)28-19)12-27-17-4-2-3-15(21-17)13-5-7-14(20)8-6-13/h2-8,11H,9-10,12H2,1H3. The normalized spacial score (nSPS) is 18.2. The maximum Gasteiger partial charge on any atom is 0.414 e. The van der Waals surface area contributed by atoms with Gasteiger partial charge in [0.15, 0.2) is 0 Å². The van der Waals surface area contributed by atoms with Crippen molar-refractivity contribution in [3.8, 4) is 23.1 Å². The number of fused-ring (bicyclic) bond motifs is 1. The van der Waals surface area contributed by atoms with Crippen LogP contribution in [0.4, 0.5) is 10.2 Å². The molecular formula is C19H17FN4O4. The second-order valence-electron chi connectivity index (χ2n) is 6.79. The average Bonchev–Trinajstić information content (AvgIpc) is 3.11. The van der Waals surface area contributed by atoms with Crippen molar-refractivity contribution in [2.45, 2.75) is 25.5 Å². The average molecular weight is 384 g/mol. The van der Waals surface area contributed by atoms with Gasteiger partial charge >= 0.3 is 11.8 Å². The maximum atomic E-state index is 13.1. The molecule has 144 valence electrons. The van der Waals surface area contributed by atoms with Gasteiger partial charge in [0.2, 0.25) is 5.88 Å². The second kappa shape index (κ2) is 6.91. The van der Waals surface area contributed by atoms with Gasteiger partial charge in [-0.15, -0.1) is 0 Å². The van der Waals surface area contributed by atoms with E-state index in [1.54, 1.807) is 28.8 Å². The highest BCUT2D eigenvalue weighted by molar-refractivity contribution is 5.59. The molecule has 1 aromatic carbocycles. The number of ether oxygens (including phenoxy) is 2. The number of benzene rings is 1. The lowest BCUT2D eigenvalue weighted by Crippen LogP contribution is -2.43. The van der Waals surface area contributed by atoms with Gasteiger partial charge in [0.25, 0.3) is 0 Å². The van der Waals surface area contributed by atoms with Crippen molar-refractivity contribution in [1.29, 1.82) is 0 Å². The number of pyridine rings is 1. The lowest BCUT2D eigenvalue weighted by molar-refractivity contribution is -0.389. The highest BCUT2D eigenvalue weighted by atomic mass is 19.1. The Kier molecular flexibility index (Phi) is 4.42. The molecule has 0 aliphatic carbocycles. The van der Waals surface area contributed by atoms with Crippen LogP contribution in [0.1, 0.15) is 13.3 Å². The largest absolute Gasteiger partial charge is 0.473 e. The summed E-state index contributed by atoms with van der Waals surface area (Å²) in [6.45, 7) is 2.60. The van der Waals surface area contributed by atoms with Crippen LogP contribution in [0.3, 0.4) is 0 Å². The van der Waals surface area contributed by atoms with E-state index >= 15 is 0 Å². The van der Waals surface area contributed by atoms with E-state index in [1.165, 1.54) is 18.3 Å². The molecule has 0 N–H and O–H groups in total. The van der Waals surface area contributed by atoms with Gasteiger partial charge in [0.1, 0.15) is 24.2 Å². The maximum absolute atomic E-state index is 13.1. The molecule has 1 aliphatic heterocycles. The number of imidazole rings is 1. The number of rotatable bonds is 5. The molecule has 3 aromatic rings. The summed E-state index contributed by atoms with van der Waals surface area (Å²) in [5.74, 6) is -0.141. The Hall–Kier alpha value is -3.49. The Labute approximate surface area is 159 Å². The molecule has 4 rings (SSSR count). The summed E-state index contributed by atoms with van der Waals surface area (Å²) in [5.41, 5.74) is 0.752. The van der Waals surface area contributed by atoms with E-state index in [4.69, 9.17) is 9.47 Å². The minimum Gasteiger partial charge on any atom is -0.473 e. The Morgan fingerprint density at radius 2 is 2.07 bits per heavy atom. The minimum absolute atomic E-state index is 0.202. The summed E-state index contributed by atoms with van der Waals surface area (Å²) in [6.07, 6.45) is 1.97. The van der Waals surface area contributed by atoms with Gasteiger partial charge in [0.05, 0.1) is 5.69 Å². The predicted molar refractivity (Wildman–Crippen MR) is 97.7 cm³/mol. The molecule has 8 nitrogen and oxygen atoms in total. The number of halogens is 1. The molecule has 3 heterocycles. The van der Waals surface area contributed by atoms with Crippen LogP contribution in [0, 0.1) is 15.9 Å². The third-order valence-corrected chi connectivity index (χ3v) is 4.52. The highest BCUT2D eigenvalue weighted by Gasteiger charge is 2.37. The molecule has 0 radical (unpaired) electrons. The van der Waals surface area contributed by atoms with Crippen LogP contribution in [0.25, 0.3) is 11.3 Å². The van der Waals surface area contributed by atoms with Crippen LogP contribution < -0.4 is 9.47 Å². The molecule has 0 saturated carbocycles. The first kappa shape index (κ1) is 17.9. The van der Waals surface area contributed by atoms with Crippen LogP contribution in [0.2, 0.25) is 0 Å². The van der Waals surface area contributed by atoms with Crippen molar-refractivity contribution in [2.24, 2.45) is 0 Å². The van der Waals surface area contributed by atoms with Crippen molar-refractivity contribution in [3.63, 3.8) is 0 Å². The van der Waals surface area contributed by atoms with Crippen LogP contribution in [0.5, 0.6) is 11.9 Å². The second-order valence-corrected chi connectivity index (χ2v) is 6.79. The smallest absolute Gasteiger partial charge is 0.414 e. The highest BCUT2D eigenvalue weighted by Crippen LogP contribution is 2.30. The molecule has 1 aliphatic rings. The van der Waals surface area contributed by atoms with Gasteiger partial charge in [-0.25, -0.2) is 9.37 Å². The fourth-order valence-electron chi connectivity index (χ4n) is 2.95. The van der Waals surface area contributed by atoms with Gasteiger partial charge < -0.3 is 19.6 Å². The summed E-state index contributed by atoms with van der Waals surface area (Å²) < 4.78 is 26.4. The number of aryl methyl sites for hydroxylation is 1. The van der Waals surface area contributed by atoms with Crippen LogP contribution in [-0.4, -0.2) is 31.7 Å². The van der Waals surface area contributed by atoms with E-state index in [-0.39, 0.29) is 24.3 Å². The molecule has 0 fully saturated rings. The lowest BCUT2D eigenvalue weighted by atomic mass is 10.0. The van der Waals surface area contributed by atoms with Gasteiger partial charge in [0, 0.05) is 29.6 Å². The van der Waals surface area contributed by atoms with Crippen LogP contribution >= 0.6 is 0 Å². The number of hydrogen-bond acceptors (Lipinski definition) is 6. The molecule has 0 amide bonds. The van der Waals surface area contributed by atoms with Crippen molar-refractivity contribution in [1.82, 2.24) is 14.5 Å². The van der Waals surface area contributed by atoms with Gasteiger partial charge in [-0.2, -0.15) is 0 Å². The summed E-state index contributed by atoms with van der Waals surface area (Å²) in [6, 6.07) is 11.6. The predicted octanol–water partition coefficient (Wildman–Crippen LogP) is 3.61. The fraction of sp³-hybridized carbons (Fsp3) is 0.263. The summed E-state index contributed by atoms with van der Waals surface area (Å²) in [4.78, 5) is 18.7. The SMILES string of the molecule is CC1(COc2cccc(-c3ccc(F)cc3)n2)CCn2cc([N+](=O)[O-])nc2O1. The number of aromatic nitrogens is 3.